The predicted molar refractivity (Wildman–Crippen MR) is 74.0 cm³/mol. The van der Waals surface area contributed by atoms with Crippen LogP contribution in [0.5, 0.6) is 0 Å². The van der Waals surface area contributed by atoms with Gasteiger partial charge in [0, 0.05) is 31.7 Å². The van der Waals surface area contributed by atoms with Crippen molar-refractivity contribution in [2.24, 2.45) is 0 Å². The van der Waals surface area contributed by atoms with Crippen molar-refractivity contribution in [2.75, 3.05) is 14.1 Å². The van der Waals surface area contributed by atoms with E-state index in [2.05, 4.69) is 9.71 Å². The molecule has 1 aromatic carbocycles. The molecule has 0 bridgehead atoms. The molecule has 0 spiro atoms. The summed E-state index contributed by atoms with van der Waals surface area (Å²) in [7, 11) is -0.689. The topological polar surface area (TPSA) is 82.3 Å². The van der Waals surface area contributed by atoms with Crippen LogP contribution in [0.2, 0.25) is 0 Å². The van der Waals surface area contributed by atoms with Crippen molar-refractivity contribution >= 4 is 21.1 Å². The van der Waals surface area contributed by atoms with E-state index in [1.54, 1.807) is 12.1 Å². The molecular weight excluding hydrogens is 266 g/mol. The number of H-pyrrole nitrogens is 1. The summed E-state index contributed by atoms with van der Waals surface area (Å²) < 4.78 is 26.6. The average molecular weight is 281 g/mol. The molecule has 0 unspecified atom stereocenters. The number of nitrogens with one attached hydrogen (secondary N) is 2. The molecule has 0 fully saturated rings. The Morgan fingerprint density at radius 3 is 2.63 bits per heavy atom. The van der Waals surface area contributed by atoms with E-state index in [1.807, 2.05) is 18.2 Å². The van der Waals surface area contributed by atoms with Gasteiger partial charge in [-0.15, -0.1) is 0 Å². The Labute approximate surface area is 111 Å². The Kier molecular flexibility index (Phi) is 3.70. The SMILES string of the molecule is CN(C)S(=O)(=O)NCc1cc2ccccc2[nH]c1=O. The maximum absolute atomic E-state index is 11.8. The van der Waals surface area contributed by atoms with Crippen molar-refractivity contribution in [1.82, 2.24) is 14.0 Å². The van der Waals surface area contributed by atoms with E-state index in [0.29, 0.717) is 5.56 Å². The van der Waals surface area contributed by atoms with Gasteiger partial charge in [-0.25, -0.2) is 0 Å². The monoisotopic (exact) mass is 281 g/mol. The second-order valence-corrected chi connectivity index (χ2v) is 6.29. The van der Waals surface area contributed by atoms with Crippen LogP contribution in [0, 0.1) is 0 Å². The Hall–Kier alpha value is -1.70. The van der Waals surface area contributed by atoms with Gasteiger partial charge in [-0.05, 0) is 17.5 Å². The summed E-state index contributed by atoms with van der Waals surface area (Å²) >= 11 is 0. The minimum atomic E-state index is -3.54. The Morgan fingerprint density at radius 2 is 1.95 bits per heavy atom. The molecule has 19 heavy (non-hydrogen) atoms. The first-order valence-corrected chi connectivity index (χ1v) is 7.12. The van der Waals surface area contributed by atoms with Gasteiger partial charge in [0.15, 0.2) is 0 Å². The van der Waals surface area contributed by atoms with Crippen molar-refractivity contribution < 1.29 is 8.42 Å². The first-order chi connectivity index (χ1) is 8.90. The number of pyridine rings is 1. The van der Waals surface area contributed by atoms with Crippen LogP contribution in [-0.2, 0) is 16.8 Å². The van der Waals surface area contributed by atoms with Gasteiger partial charge in [-0.1, -0.05) is 18.2 Å². The van der Waals surface area contributed by atoms with E-state index in [9.17, 15) is 13.2 Å². The molecule has 6 nitrogen and oxygen atoms in total. The molecule has 0 radical (unpaired) electrons. The number of fused-ring (bicyclic) bond motifs is 1. The molecule has 1 heterocycles. The van der Waals surface area contributed by atoms with Crippen LogP contribution in [0.3, 0.4) is 0 Å². The van der Waals surface area contributed by atoms with Gasteiger partial charge in [0.1, 0.15) is 0 Å². The zero-order valence-corrected chi connectivity index (χ0v) is 11.5. The lowest BCUT2D eigenvalue weighted by Gasteiger charge is -2.12. The van der Waals surface area contributed by atoms with Crippen LogP contribution < -0.4 is 10.3 Å². The lowest BCUT2D eigenvalue weighted by Crippen LogP contribution is -2.36. The van der Waals surface area contributed by atoms with Crippen LogP contribution in [0.4, 0.5) is 0 Å². The third-order valence-electron chi connectivity index (χ3n) is 2.76. The summed E-state index contributed by atoms with van der Waals surface area (Å²) in [5.41, 5.74) is 0.816. The molecule has 0 aliphatic rings. The molecule has 2 rings (SSSR count). The van der Waals surface area contributed by atoms with Crippen LogP contribution in [0.15, 0.2) is 35.1 Å². The normalized spacial score (nSPS) is 12.2. The smallest absolute Gasteiger partial charge is 0.279 e. The number of para-hydroxylation sites is 1. The molecule has 7 heteroatoms. The fraction of sp³-hybridized carbons (Fsp3) is 0.250. The van der Waals surface area contributed by atoms with Gasteiger partial charge in [0.2, 0.25) is 0 Å². The van der Waals surface area contributed by atoms with E-state index in [4.69, 9.17) is 0 Å². The summed E-state index contributed by atoms with van der Waals surface area (Å²) in [6, 6.07) is 9.02. The van der Waals surface area contributed by atoms with Crippen molar-refractivity contribution in [3.8, 4) is 0 Å². The van der Waals surface area contributed by atoms with Gasteiger partial charge in [0.05, 0.1) is 0 Å². The van der Waals surface area contributed by atoms with Crippen LogP contribution in [-0.4, -0.2) is 31.8 Å². The maximum Gasteiger partial charge on any atom is 0.279 e. The summed E-state index contributed by atoms with van der Waals surface area (Å²) in [4.78, 5) is 14.5. The van der Waals surface area contributed by atoms with E-state index in [1.165, 1.54) is 14.1 Å². The molecule has 0 saturated carbocycles. The van der Waals surface area contributed by atoms with Gasteiger partial charge in [0.25, 0.3) is 15.8 Å². The van der Waals surface area contributed by atoms with Crippen molar-refractivity contribution in [2.45, 2.75) is 6.54 Å². The summed E-state index contributed by atoms with van der Waals surface area (Å²) in [6.07, 6.45) is 0. The third kappa shape index (κ3) is 3.01. The second-order valence-electron chi connectivity index (χ2n) is 4.32. The summed E-state index contributed by atoms with van der Waals surface area (Å²) in [6.45, 7) is -0.0410. The third-order valence-corrected chi connectivity index (χ3v) is 4.23. The van der Waals surface area contributed by atoms with Gasteiger partial charge in [-0.3, -0.25) is 4.79 Å². The highest BCUT2D eigenvalue weighted by Gasteiger charge is 2.13. The van der Waals surface area contributed by atoms with E-state index in [0.717, 1.165) is 15.2 Å². The highest BCUT2D eigenvalue weighted by Crippen LogP contribution is 2.10. The van der Waals surface area contributed by atoms with E-state index < -0.39 is 10.2 Å². The first-order valence-electron chi connectivity index (χ1n) is 5.68. The van der Waals surface area contributed by atoms with Crippen LogP contribution in [0.1, 0.15) is 5.56 Å². The summed E-state index contributed by atoms with van der Waals surface area (Å²) in [5.74, 6) is 0. The molecule has 1 aromatic heterocycles. The van der Waals surface area contributed by atoms with Gasteiger partial charge < -0.3 is 4.98 Å². The van der Waals surface area contributed by atoms with Crippen LogP contribution >= 0.6 is 0 Å². The second kappa shape index (κ2) is 5.12. The maximum atomic E-state index is 11.8. The largest absolute Gasteiger partial charge is 0.322 e. The molecule has 2 N–H and O–H groups in total. The molecular formula is C12H15N3O3S. The zero-order chi connectivity index (χ0) is 14.0. The average Bonchev–Trinajstić information content (AvgIpc) is 2.36. The Bertz CT molecular complexity index is 750. The molecule has 0 atom stereocenters. The fourth-order valence-corrected chi connectivity index (χ4v) is 2.22. The Balaban J connectivity index is 2.31. The number of aromatic amines is 1. The van der Waals surface area contributed by atoms with Crippen molar-refractivity contribution in [3.05, 3.63) is 46.2 Å². The van der Waals surface area contributed by atoms with Gasteiger partial charge in [-0.2, -0.15) is 17.4 Å². The van der Waals surface area contributed by atoms with Crippen molar-refractivity contribution in [3.63, 3.8) is 0 Å². The van der Waals surface area contributed by atoms with E-state index >= 15 is 0 Å². The molecule has 0 amide bonds. The minimum absolute atomic E-state index is 0.0410. The zero-order valence-electron chi connectivity index (χ0n) is 10.7. The lowest BCUT2D eigenvalue weighted by molar-refractivity contribution is 0.505. The molecule has 2 aromatic rings. The molecule has 102 valence electrons. The minimum Gasteiger partial charge on any atom is -0.322 e. The number of benzene rings is 1. The quantitative estimate of drug-likeness (QED) is 0.852. The first kappa shape index (κ1) is 13.7. The molecule has 0 aliphatic heterocycles. The van der Waals surface area contributed by atoms with Gasteiger partial charge >= 0.3 is 0 Å². The number of hydrogen-bond donors (Lipinski definition) is 2. The number of rotatable bonds is 4. The highest BCUT2D eigenvalue weighted by molar-refractivity contribution is 7.87. The Morgan fingerprint density at radius 1 is 1.26 bits per heavy atom. The van der Waals surface area contributed by atoms with Crippen LogP contribution in [0.25, 0.3) is 10.9 Å². The summed E-state index contributed by atoms with van der Waals surface area (Å²) in [5, 5.41) is 0.862. The molecule has 0 saturated heterocycles. The number of aromatic nitrogens is 1. The lowest BCUT2D eigenvalue weighted by atomic mass is 10.1. The predicted octanol–water partition coefficient (Wildman–Crippen LogP) is 0.424. The standard InChI is InChI=1S/C12H15N3O3S/c1-15(2)19(17,18)13-8-10-7-9-5-3-4-6-11(9)14-12(10)16/h3-7,13H,8H2,1-2H3,(H,14,16). The highest BCUT2D eigenvalue weighted by atomic mass is 32.2. The van der Waals surface area contributed by atoms with E-state index in [-0.39, 0.29) is 12.1 Å². The number of hydrogen-bond acceptors (Lipinski definition) is 3. The number of nitrogens with zero attached hydrogens (tertiary/aromatic N) is 1. The molecule has 0 aliphatic carbocycles. The van der Waals surface area contributed by atoms with Crippen molar-refractivity contribution in [1.29, 1.82) is 0 Å². The fourth-order valence-electron chi connectivity index (χ4n) is 1.62.